The van der Waals surface area contributed by atoms with Crippen LogP contribution in [0.5, 0.6) is 0 Å². The predicted octanol–water partition coefficient (Wildman–Crippen LogP) is 2.81. The van der Waals surface area contributed by atoms with Gasteiger partial charge in [0.1, 0.15) is 4.90 Å². The molecule has 1 saturated carbocycles. The fraction of sp³-hybridized carbons (Fsp3) is 0.611. The molecule has 8 heteroatoms. The Balaban J connectivity index is 1.85. The molecule has 3 rings (SSSR count). The topological polar surface area (TPSA) is 75.7 Å². The summed E-state index contributed by atoms with van der Waals surface area (Å²) in [5.74, 6) is -0.256. The number of hydrogen-bond acceptors (Lipinski definition) is 4. The summed E-state index contributed by atoms with van der Waals surface area (Å²) in [6.45, 7) is 4.21. The number of halogens is 1. The van der Waals surface area contributed by atoms with Crippen LogP contribution in [0.15, 0.2) is 23.1 Å². The molecule has 1 aliphatic carbocycles. The minimum atomic E-state index is -3.80. The molecule has 1 heterocycles. The van der Waals surface area contributed by atoms with Gasteiger partial charge in [-0.3, -0.25) is 4.79 Å². The Hall–Kier alpha value is -1.15. The number of amides is 1. The number of nitrogens with zero attached hydrogens (tertiary/aromatic N) is 1. The van der Waals surface area contributed by atoms with Crippen molar-refractivity contribution in [1.82, 2.24) is 9.62 Å². The van der Waals surface area contributed by atoms with Gasteiger partial charge in [-0.15, -0.1) is 0 Å². The summed E-state index contributed by atoms with van der Waals surface area (Å²) >= 11 is 6.18. The van der Waals surface area contributed by atoms with Crippen molar-refractivity contribution in [3.8, 4) is 0 Å². The molecule has 2 aliphatic rings. The van der Waals surface area contributed by atoms with Crippen molar-refractivity contribution in [1.29, 1.82) is 0 Å². The summed E-state index contributed by atoms with van der Waals surface area (Å²) in [6.07, 6.45) is 3.77. The van der Waals surface area contributed by atoms with E-state index >= 15 is 0 Å². The van der Waals surface area contributed by atoms with Crippen LogP contribution < -0.4 is 5.32 Å². The lowest BCUT2D eigenvalue weighted by Gasteiger charge is -2.34. The molecule has 6 nitrogen and oxygen atoms in total. The number of morpholine rings is 1. The maximum absolute atomic E-state index is 13.1. The first-order valence-electron chi connectivity index (χ1n) is 9.03. The van der Waals surface area contributed by atoms with E-state index in [2.05, 4.69) is 5.32 Å². The fourth-order valence-electron chi connectivity index (χ4n) is 3.65. The summed E-state index contributed by atoms with van der Waals surface area (Å²) in [5.41, 5.74) is 0.314. The number of rotatable bonds is 4. The van der Waals surface area contributed by atoms with Gasteiger partial charge in [-0.2, -0.15) is 4.31 Å². The minimum Gasteiger partial charge on any atom is -0.373 e. The van der Waals surface area contributed by atoms with Crippen molar-refractivity contribution in [2.75, 3.05) is 13.1 Å². The van der Waals surface area contributed by atoms with E-state index in [1.54, 1.807) is 6.07 Å². The quantitative estimate of drug-likeness (QED) is 0.843. The van der Waals surface area contributed by atoms with Crippen molar-refractivity contribution in [3.63, 3.8) is 0 Å². The fourth-order valence-corrected chi connectivity index (χ4v) is 5.74. The van der Waals surface area contributed by atoms with E-state index in [9.17, 15) is 13.2 Å². The molecule has 2 atom stereocenters. The molecule has 1 aliphatic heterocycles. The van der Waals surface area contributed by atoms with Gasteiger partial charge in [0.15, 0.2) is 0 Å². The minimum absolute atomic E-state index is 0.0282. The van der Waals surface area contributed by atoms with Crippen LogP contribution in [0.3, 0.4) is 0 Å². The highest BCUT2D eigenvalue weighted by Crippen LogP contribution is 2.28. The number of hydrogen-bond donors (Lipinski definition) is 1. The lowest BCUT2D eigenvalue weighted by Crippen LogP contribution is -2.48. The zero-order valence-electron chi connectivity index (χ0n) is 15.1. The smallest absolute Gasteiger partial charge is 0.251 e. The molecule has 1 amide bonds. The van der Waals surface area contributed by atoms with Crippen molar-refractivity contribution in [3.05, 3.63) is 28.8 Å². The Morgan fingerprint density at radius 2 is 1.81 bits per heavy atom. The van der Waals surface area contributed by atoms with Crippen LogP contribution in [0.1, 0.15) is 49.9 Å². The molecular formula is C18H25ClN2O4S. The van der Waals surface area contributed by atoms with Gasteiger partial charge in [0, 0.05) is 24.7 Å². The predicted molar refractivity (Wildman–Crippen MR) is 99.9 cm³/mol. The van der Waals surface area contributed by atoms with E-state index in [4.69, 9.17) is 16.3 Å². The van der Waals surface area contributed by atoms with Gasteiger partial charge < -0.3 is 10.1 Å². The van der Waals surface area contributed by atoms with E-state index in [1.807, 2.05) is 13.8 Å². The van der Waals surface area contributed by atoms with Crippen LogP contribution in [0.2, 0.25) is 5.02 Å². The van der Waals surface area contributed by atoms with Crippen LogP contribution in [-0.2, 0) is 14.8 Å². The van der Waals surface area contributed by atoms with Gasteiger partial charge in [0.2, 0.25) is 10.0 Å². The number of carbonyl (C=O) groups is 1. The summed E-state index contributed by atoms with van der Waals surface area (Å²) < 4.78 is 33.1. The average Bonchev–Trinajstić information content (AvgIpc) is 3.07. The first-order valence-corrected chi connectivity index (χ1v) is 10.8. The Labute approximate surface area is 159 Å². The van der Waals surface area contributed by atoms with Gasteiger partial charge >= 0.3 is 0 Å². The SMILES string of the molecule is C[C@@H]1CN(S(=O)(=O)c2cc(C(=O)NC3CCCC3)ccc2Cl)C[C@@H](C)O1. The van der Waals surface area contributed by atoms with Crippen LogP contribution in [-0.4, -0.2) is 50.0 Å². The molecule has 0 radical (unpaired) electrons. The third-order valence-corrected chi connectivity index (χ3v) is 7.20. The van der Waals surface area contributed by atoms with E-state index in [-0.39, 0.29) is 47.2 Å². The first kappa shape index (κ1) is 19.6. The molecule has 0 bridgehead atoms. The number of ether oxygens (including phenoxy) is 1. The average molecular weight is 401 g/mol. The van der Waals surface area contributed by atoms with E-state index < -0.39 is 10.0 Å². The molecular weight excluding hydrogens is 376 g/mol. The maximum atomic E-state index is 13.1. The molecule has 2 fully saturated rings. The molecule has 1 aromatic rings. The van der Waals surface area contributed by atoms with E-state index in [0.717, 1.165) is 25.7 Å². The number of benzene rings is 1. The Kier molecular flexibility index (Phi) is 5.91. The highest BCUT2D eigenvalue weighted by molar-refractivity contribution is 7.89. The van der Waals surface area contributed by atoms with Gasteiger partial charge in [0.05, 0.1) is 17.2 Å². The van der Waals surface area contributed by atoms with Crippen LogP contribution in [0, 0.1) is 0 Å². The van der Waals surface area contributed by atoms with Gasteiger partial charge in [-0.05, 0) is 44.9 Å². The maximum Gasteiger partial charge on any atom is 0.251 e. The summed E-state index contributed by atoms with van der Waals surface area (Å²) in [4.78, 5) is 12.5. The molecule has 0 aromatic heterocycles. The van der Waals surface area contributed by atoms with Crippen LogP contribution in [0.4, 0.5) is 0 Å². The van der Waals surface area contributed by atoms with Crippen molar-refractivity contribution < 1.29 is 17.9 Å². The molecule has 26 heavy (non-hydrogen) atoms. The summed E-state index contributed by atoms with van der Waals surface area (Å²) in [5, 5.41) is 3.10. The Morgan fingerprint density at radius 3 is 2.42 bits per heavy atom. The van der Waals surface area contributed by atoms with Crippen LogP contribution in [0.25, 0.3) is 0 Å². The number of carbonyl (C=O) groups excluding carboxylic acids is 1. The zero-order valence-corrected chi connectivity index (χ0v) is 16.6. The van der Waals surface area contributed by atoms with Gasteiger partial charge in [-0.1, -0.05) is 24.4 Å². The Bertz CT molecular complexity index is 767. The monoisotopic (exact) mass is 400 g/mol. The highest BCUT2D eigenvalue weighted by Gasteiger charge is 2.34. The molecule has 0 spiro atoms. The van der Waals surface area contributed by atoms with E-state index in [0.29, 0.717) is 5.56 Å². The van der Waals surface area contributed by atoms with Crippen molar-refractivity contribution in [2.45, 2.75) is 62.7 Å². The van der Waals surface area contributed by atoms with Gasteiger partial charge in [0.25, 0.3) is 5.91 Å². The van der Waals surface area contributed by atoms with Crippen molar-refractivity contribution in [2.24, 2.45) is 0 Å². The largest absolute Gasteiger partial charge is 0.373 e. The standard InChI is InChI=1S/C18H25ClN2O4S/c1-12-10-21(11-13(2)25-12)26(23,24)17-9-14(7-8-16(17)19)18(22)20-15-5-3-4-6-15/h7-9,12-13,15H,3-6,10-11H2,1-2H3,(H,20,22)/t12-,13-/m1/s1. The van der Waals surface area contributed by atoms with Crippen molar-refractivity contribution >= 4 is 27.5 Å². The summed E-state index contributed by atoms with van der Waals surface area (Å²) in [7, 11) is -3.80. The lowest BCUT2D eigenvalue weighted by atomic mass is 10.2. The molecule has 1 aromatic carbocycles. The highest BCUT2D eigenvalue weighted by atomic mass is 35.5. The first-order chi connectivity index (χ1) is 12.3. The van der Waals surface area contributed by atoms with E-state index in [1.165, 1.54) is 16.4 Å². The summed E-state index contributed by atoms with van der Waals surface area (Å²) in [6, 6.07) is 4.59. The second-order valence-corrected chi connectivity index (χ2v) is 9.49. The third kappa shape index (κ3) is 4.22. The van der Waals surface area contributed by atoms with Crippen LogP contribution >= 0.6 is 11.6 Å². The number of nitrogens with one attached hydrogen (secondary N) is 1. The number of sulfonamides is 1. The third-order valence-electron chi connectivity index (χ3n) is 4.89. The normalized spacial score (nSPS) is 25.3. The zero-order chi connectivity index (χ0) is 18.9. The molecule has 144 valence electrons. The Morgan fingerprint density at radius 1 is 1.19 bits per heavy atom. The lowest BCUT2D eigenvalue weighted by molar-refractivity contribution is -0.0440. The molecule has 1 N–H and O–H groups in total. The second-order valence-electron chi connectivity index (χ2n) is 7.18. The van der Waals surface area contributed by atoms with Gasteiger partial charge in [-0.25, -0.2) is 8.42 Å². The second kappa shape index (κ2) is 7.84. The molecule has 0 unspecified atom stereocenters. The molecule has 1 saturated heterocycles.